The van der Waals surface area contributed by atoms with Crippen molar-refractivity contribution in [1.29, 1.82) is 0 Å². The lowest BCUT2D eigenvalue weighted by Crippen LogP contribution is -2.52. The van der Waals surface area contributed by atoms with E-state index in [-0.39, 0.29) is 11.3 Å². The number of aliphatic hydroxyl groups is 1. The Morgan fingerprint density at radius 3 is 2.59 bits per heavy atom. The van der Waals surface area contributed by atoms with E-state index in [0.29, 0.717) is 30.2 Å². The minimum atomic E-state index is -0.589. The molecule has 4 aliphatic carbocycles. The summed E-state index contributed by atoms with van der Waals surface area (Å²) in [7, 11) is 0. The quantitative estimate of drug-likeness (QED) is 0.612. The minimum Gasteiger partial charge on any atom is -0.387 e. The van der Waals surface area contributed by atoms with E-state index >= 15 is 0 Å². The fraction of sp³-hybridized carbons (Fsp3) is 0.957. The van der Waals surface area contributed by atoms with Gasteiger partial charge in [-0.2, -0.15) is 0 Å². The number of ether oxygens (including phenoxy) is 1. The van der Waals surface area contributed by atoms with E-state index in [1.54, 1.807) is 0 Å². The lowest BCUT2D eigenvalue weighted by molar-refractivity contribution is -0.136. The van der Waals surface area contributed by atoms with Crippen LogP contribution in [0.3, 0.4) is 0 Å². The number of hydrogen-bond acceptors (Lipinski definition) is 3. The Morgan fingerprint density at radius 1 is 1.07 bits per heavy atom. The summed E-state index contributed by atoms with van der Waals surface area (Å²) < 4.78 is 5.59. The molecule has 4 fully saturated rings. The summed E-state index contributed by atoms with van der Waals surface area (Å²) in [5.41, 5.74) is -0.350. The summed E-state index contributed by atoms with van der Waals surface area (Å²) in [6.07, 6.45) is 10.5. The van der Waals surface area contributed by atoms with E-state index in [1.165, 1.54) is 38.5 Å². The second-order valence-corrected chi connectivity index (χ2v) is 10.9. The van der Waals surface area contributed by atoms with Crippen LogP contribution in [0.2, 0.25) is 0 Å². The molecule has 0 amide bonds. The van der Waals surface area contributed by atoms with Gasteiger partial charge in [0.05, 0.1) is 17.5 Å². The average molecular weight is 441 g/mol. The van der Waals surface area contributed by atoms with Gasteiger partial charge in [-0.25, -0.2) is 0 Å². The predicted octanol–water partition coefficient (Wildman–Crippen LogP) is 4.99. The molecule has 8 atom stereocenters. The number of fused-ring (bicyclic) bond motifs is 5. The maximum atomic E-state index is 12.5. The van der Waals surface area contributed by atoms with Crippen LogP contribution < -0.4 is 0 Å². The molecule has 154 valence electrons. The largest absolute Gasteiger partial charge is 0.387 e. The van der Waals surface area contributed by atoms with Crippen molar-refractivity contribution in [1.82, 2.24) is 0 Å². The molecule has 0 aromatic heterocycles. The van der Waals surface area contributed by atoms with Crippen LogP contribution in [0, 0.1) is 40.9 Å². The zero-order valence-corrected chi connectivity index (χ0v) is 18.7. The van der Waals surface area contributed by atoms with E-state index in [9.17, 15) is 9.90 Å². The Balaban J connectivity index is 1.47. The molecule has 0 unspecified atom stereocenters. The van der Waals surface area contributed by atoms with Crippen molar-refractivity contribution < 1.29 is 14.6 Å². The van der Waals surface area contributed by atoms with Gasteiger partial charge in [0.1, 0.15) is 5.78 Å². The first-order valence-electron chi connectivity index (χ1n) is 11.3. The van der Waals surface area contributed by atoms with Gasteiger partial charge in [0, 0.05) is 12.5 Å². The van der Waals surface area contributed by atoms with Gasteiger partial charge in [-0.05, 0) is 99.7 Å². The molecule has 0 saturated heterocycles. The molecule has 3 nitrogen and oxygen atoms in total. The smallest absolute Gasteiger partial charge is 0.147 e. The molecule has 4 aliphatic rings. The third-order valence-electron chi connectivity index (χ3n) is 9.20. The van der Waals surface area contributed by atoms with Gasteiger partial charge in [-0.15, -0.1) is 0 Å². The number of Topliss-reactive ketones (excluding diaryl/α,β-unsaturated/α-hetero) is 1. The molecule has 0 aliphatic heterocycles. The Kier molecular flexibility index (Phi) is 5.82. The third kappa shape index (κ3) is 3.46. The number of carbonyl (C=O) groups excluding carboxylic acids is 1. The Bertz CT molecular complexity index is 566. The molecule has 0 heterocycles. The first-order chi connectivity index (χ1) is 12.9. The van der Waals surface area contributed by atoms with Crippen LogP contribution in [-0.2, 0) is 9.53 Å². The zero-order valence-electron chi connectivity index (χ0n) is 17.1. The molecule has 0 aromatic rings. The maximum Gasteiger partial charge on any atom is 0.147 e. The van der Waals surface area contributed by atoms with E-state index in [2.05, 4.69) is 22.9 Å². The van der Waals surface area contributed by atoms with Gasteiger partial charge in [0.2, 0.25) is 0 Å². The van der Waals surface area contributed by atoms with Crippen molar-refractivity contribution in [2.75, 3.05) is 18.5 Å². The number of rotatable bonds is 5. The van der Waals surface area contributed by atoms with E-state index in [4.69, 9.17) is 4.74 Å². The lowest BCUT2D eigenvalue weighted by atomic mass is 9.49. The highest BCUT2D eigenvalue weighted by atomic mass is 79.9. The van der Waals surface area contributed by atoms with Gasteiger partial charge in [0.15, 0.2) is 0 Å². The second-order valence-electron chi connectivity index (χ2n) is 10.3. The molecule has 4 heteroatoms. The van der Waals surface area contributed by atoms with Gasteiger partial charge in [-0.1, -0.05) is 22.9 Å². The van der Waals surface area contributed by atoms with E-state index in [0.717, 1.165) is 42.9 Å². The molecule has 27 heavy (non-hydrogen) atoms. The molecule has 0 radical (unpaired) electrons. The molecule has 0 bridgehead atoms. The van der Waals surface area contributed by atoms with E-state index in [1.807, 2.05) is 6.92 Å². The summed E-state index contributed by atoms with van der Waals surface area (Å²) in [5, 5.41) is 11.5. The van der Waals surface area contributed by atoms with Gasteiger partial charge >= 0.3 is 0 Å². The predicted molar refractivity (Wildman–Crippen MR) is 111 cm³/mol. The van der Waals surface area contributed by atoms with Crippen LogP contribution in [0.25, 0.3) is 0 Å². The number of halogens is 1. The number of carbonyl (C=O) groups is 1. The lowest BCUT2D eigenvalue weighted by Gasteiger charge is -2.57. The normalized spacial score (nSPS) is 49.2. The summed E-state index contributed by atoms with van der Waals surface area (Å²) in [5.74, 6) is 4.58. The highest BCUT2D eigenvalue weighted by Crippen LogP contribution is 2.64. The molecule has 1 N–H and O–H groups in total. The van der Waals surface area contributed by atoms with Crippen molar-refractivity contribution in [3.05, 3.63) is 0 Å². The topological polar surface area (TPSA) is 46.5 Å². The number of ketones is 1. The first-order valence-corrected chi connectivity index (χ1v) is 12.4. The van der Waals surface area contributed by atoms with Crippen LogP contribution in [-0.4, -0.2) is 35.0 Å². The monoisotopic (exact) mass is 440 g/mol. The summed E-state index contributed by atoms with van der Waals surface area (Å²) >= 11 is 3.42. The van der Waals surface area contributed by atoms with Crippen molar-refractivity contribution >= 4 is 21.7 Å². The maximum absolute atomic E-state index is 12.5. The van der Waals surface area contributed by atoms with Crippen molar-refractivity contribution in [2.24, 2.45) is 40.9 Å². The van der Waals surface area contributed by atoms with Crippen LogP contribution in [0.5, 0.6) is 0 Å². The van der Waals surface area contributed by atoms with Crippen molar-refractivity contribution in [3.8, 4) is 0 Å². The summed E-state index contributed by atoms with van der Waals surface area (Å²) in [6, 6.07) is 0. The van der Waals surface area contributed by atoms with Crippen LogP contribution >= 0.6 is 15.9 Å². The SMILES string of the molecule is CCOC[C@@]1(O)CC[C@H]2[C@H](CC[C@@H]3[C@@H]2CC[C@]2(C)[C@@H](C(=O)CBr)CC[C@@H]32)C1. The second kappa shape index (κ2) is 7.72. The highest BCUT2D eigenvalue weighted by Gasteiger charge is 2.58. The van der Waals surface area contributed by atoms with Gasteiger partial charge < -0.3 is 9.84 Å². The minimum absolute atomic E-state index is 0.239. The molecule has 0 spiro atoms. The fourth-order valence-electron chi connectivity index (χ4n) is 8.01. The first kappa shape index (κ1) is 20.3. The average Bonchev–Trinajstić information content (AvgIpc) is 3.02. The Hall–Kier alpha value is 0.0700. The molecule has 0 aromatic carbocycles. The summed E-state index contributed by atoms with van der Waals surface area (Å²) in [6.45, 7) is 5.64. The van der Waals surface area contributed by atoms with Crippen molar-refractivity contribution in [2.45, 2.75) is 77.2 Å². The number of hydrogen-bond donors (Lipinski definition) is 1. The molecular formula is C23H37BrO3. The standard InChI is InChI=1S/C23H37BrO3/c1-3-27-14-23(26)11-9-16-15(12-23)4-5-18-17(16)8-10-22(2)19(18)6-7-20(22)21(25)13-24/h15-20,26H,3-14H2,1-2H3/t15-,16+,17-,18-,19+,20-,22+,23-/m1/s1. The van der Waals surface area contributed by atoms with Gasteiger partial charge in [-0.3, -0.25) is 4.79 Å². The van der Waals surface area contributed by atoms with Crippen molar-refractivity contribution in [3.63, 3.8) is 0 Å². The molecular weight excluding hydrogens is 404 g/mol. The third-order valence-corrected chi connectivity index (χ3v) is 9.75. The van der Waals surface area contributed by atoms with Crippen LogP contribution in [0.15, 0.2) is 0 Å². The van der Waals surface area contributed by atoms with E-state index < -0.39 is 5.60 Å². The van der Waals surface area contributed by atoms with Gasteiger partial charge in [0.25, 0.3) is 0 Å². The Morgan fingerprint density at radius 2 is 1.85 bits per heavy atom. The molecule has 4 saturated carbocycles. The van der Waals surface area contributed by atoms with Crippen LogP contribution in [0.4, 0.5) is 0 Å². The molecule has 4 rings (SSSR count). The Labute approximate surface area is 173 Å². The van der Waals surface area contributed by atoms with Crippen LogP contribution in [0.1, 0.15) is 71.6 Å². The fourth-order valence-corrected chi connectivity index (χ4v) is 8.40. The summed E-state index contributed by atoms with van der Waals surface area (Å²) in [4.78, 5) is 12.5. The highest BCUT2D eigenvalue weighted by molar-refractivity contribution is 9.09. The zero-order chi connectivity index (χ0) is 19.2. The number of alkyl halides is 1.